The Balaban J connectivity index is 4.44. The molecule has 0 aliphatic heterocycles. The van der Waals surface area contributed by atoms with Gasteiger partial charge in [-0.2, -0.15) is 0 Å². The monoisotopic (exact) mass is 851 g/mol. The Hall–Kier alpha value is -3.15. The first-order valence-corrected chi connectivity index (χ1v) is 25.4. The highest BCUT2D eigenvalue weighted by molar-refractivity contribution is 5.71. The molecule has 0 N–H and O–H groups in total. The lowest BCUT2D eigenvalue weighted by molar-refractivity contribution is -0.167. The molecular weight excluding hydrogens is 757 g/mol. The van der Waals surface area contributed by atoms with E-state index in [-0.39, 0.29) is 31.1 Å². The molecule has 0 aromatic rings. The molecule has 350 valence electrons. The zero-order valence-corrected chi connectivity index (χ0v) is 39.9. The van der Waals surface area contributed by atoms with Crippen molar-refractivity contribution in [3.05, 3.63) is 72.9 Å². The molecule has 0 unspecified atom stereocenters. The van der Waals surface area contributed by atoms with Crippen LogP contribution in [-0.2, 0) is 28.6 Å². The number of carbonyl (C=O) groups is 3. The van der Waals surface area contributed by atoms with E-state index in [1.807, 2.05) is 0 Å². The quantitative estimate of drug-likeness (QED) is 0.0263. The highest BCUT2D eigenvalue weighted by Gasteiger charge is 2.19. The first kappa shape index (κ1) is 57.9. The van der Waals surface area contributed by atoms with Crippen LogP contribution in [0, 0.1) is 0 Å². The van der Waals surface area contributed by atoms with Gasteiger partial charge in [-0.3, -0.25) is 14.4 Å². The van der Waals surface area contributed by atoms with Crippen LogP contribution in [0.5, 0.6) is 0 Å². The maximum Gasteiger partial charge on any atom is 0.306 e. The molecular formula is C55H94O6. The molecule has 0 fully saturated rings. The third-order valence-corrected chi connectivity index (χ3v) is 10.7. The van der Waals surface area contributed by atoms with E-state index in [4.69, 9.17) is 14.2 Å². The maximum atomic E-state index is 12.8. The molecule has 0 heterocycles. The zero-order chi connectivity index (χ0) is 44.4. The third-order valence-electron chi connectivity index (χ3n) is 10.7. The predicted molar refractivity (Wildman–Crippen MR) is 261 cm³/mol. The van der Waals surface area contributed by atoms with E-state index in [2.05, 4.69) is 93.7 Å². The highest BCUT2D eigenvalue weighted by Crippen LogP contribution is 2.14. The van der Waals surface area contributed by atoms with Crippen molar-refractivity contribution in [2.45, 2.75) is 245 Å². The number of hydrogen-bond acceptors (Lipinski definition) is 6. The van der Waals surface area contributed by atoms with Crippen molar-refractivity contribution in [1.82, 2.24) is 0 Å². The molecule has 0 amide bonds. The molecule has 0 radical (unpaired) electrons. The molecule has 0 aliphatic carbocycles. The number of carbonyl (C=O) groups excluding carboxylic acids is 3. The van der Waals surface area contributed by atoms with Crippen molar-refractivity contribution in [1.29, 1.82) is 0 Å². The van der Waals surface area contributed by atoms with E-state index < -0.39 is 6.10 Å². The van der Waals surface area contributed by atoms with Gasteiger partial charge in [-0.1, -0.05) is 203 Å². The number of hydrogen-bond donors (Lipinski definition) is 0. The first-order valence-electron chi connectivity index (χ1n) is 25.4. The molecule has 0 saturated heterocycles. The molecule has 0 aliphatic rings. The largest absolute Gasteiger partial charge is 0.462 e. The van der Waals surface area contributed by atoms with Gasteiger partial charge in [-0.25, -0.2) is 0 Å². The Morgan fingerprint density at radius 1 is 0.344 bits per heavy atom. The molecule has 6 heteroatoms. The van der Waals surface area contributed by atoms with Crippen molar-refractivity contribution in [2.24, 2.45) is 0 Å². The van der Waals surface area contributed by atoms with Gasteiger partial charge < -0.3 is 14.2 Å². The lowest BCUT2D eigenvalue weighted by Gasteiger charge is -2.18. The summed E-state index contributed by atoms with van der Waals surface area (Å²) in [5.74, 6) is -0.941. The van der Waals surface area contributed by atoms with Crippen molar-refractivity contribution >= 4 is 17.9 Å². The molecule has 61 heavy (non-hydrogen) atoms. The Kier molecular flexibility index (Phi) is 46.9. The number of esters is 3. The highest BCUT2D eigenvalue weighted by atomic mass is 16.6. The van der Waals surface area contributed by atoms with Gasteiger partial charge in [0.25, 0.3) is 0 Å². The Morgan fingerprint density at radius 2 is 0.639 bits per heavy atom. The molecule has 0 aromatic carbocycles. The summed E-state index contributed by atoms with van der Waals surface area (Å²) in [6.07, 6.45) is 61.7. The summed E-state index contributed by atoms with van der Waals surface area (Å²) in [5.41, 5.74) is 0. The molecule has 1 atom stereocenters. The summed E-state index contributed by atoms with van der Waals surface area (Å²) in [6.45, 7) is 6.45. The van der Waals surface area contributed by atoms with Crippen LogP contribution in [0.15, 0.2) is 72.9 Å². The second-order valence-electron chi connectivity index (χ2n) is 16.7. The van der Waals surface area contributed by atoms with Crippen LogP contribution in [0.25, 0.3) is 0 Å². The van der Waals surface area contributed by atoms with Gasteiger partial charge in [0.2, 0.25) is 0 Å². The lowest BCUT2D eigenvalue weighted by atomic mass is 10.1. The SMILES string of the molecule is CC/C=C\C/C=C\C/C=C\C/C=C\CCCCC(=O)OC[C@H](COC(=O)CCCCCCCCCCCCC)OC(=O)CCCCCCCCC/C=C\C/C=C\CCCCC. The average Bonchev–Trinajstić information content (AvgIpc) is 3.26. The Morgan fingerprint density at radius 3 is 1.07 bits per heavy atom. The summed E-state index contributed by atoms with van der Waals surface area (Å²) >= 11 is 0. The Bertz CT molecular complexity index is 1160. The topological polar surface area (TPSA) is 78.9 Å². The minimum Gasteiger partial charge on any atom is -0.462 e. The van der Waals surface area contributed by atoms with Crippen molar-refractivity contribution in [3.63, 3.8) is 0 Å². The maximum absolute atomic E-state index is 12.8. The van der Waals surface area contributed by atoms with Crippen molar-refractivity contribution in [3.8, 4) is 0 Å². The fourth-order valence-electron chi connectivity index (χ4n) is 6.87. The summed E-state index contributed by atoms with van der Waals surface area (Å²) in [4.78, 5) is 37.9. The summed E-state index contributed by atoms with van der Waals surface area (Å²) in [5, 5.41) is 0. The van der Waals surface area contributed by atoms with E-state index in [0.29, 0.717) is 19.3 Å². The van der Waals surface area contributed by atoms with E-state index in [9.17, 15) is 14.4 Å². The minimum atomic E-state index is -0.794. The van der Waals surface area contributed by atoms with Crippen LogP contribution in [-0.4, -0.2) is 37.2 Å². The second-order valence-corrected chi connectivity index (χ2v) is 16.7. The van der Waals surface area contributed by atoms with Crippen LogP contribution in [0.3, 0.4) is 0 Å². The zero-order valence-electron chi connectivity index (χ0n) is 39.9. The molecule has 0 rings (SSSR count). The van der Waals surface area contributed by atoms with E-state index in [1.165, 1.54) is 103 Å². The Labute approximate surface area is 376 Å². The van der Waals surface area contributed by atoms with Crippen LogP contribution in [0.2, 0.25) is 0 Å². The average molecular weight is 851 g/mol. The molecule has 0 saturated carbocycles. The number of allylic oxidation sites excluding steroid dienone is 12. The summed E-state index contributed by atoms with van der Waals surface area (Å²) in [6, 6.07) is 0. The number of rotatable bonds is 45. The van der Waals surface area contributed by atoms with Gasteiger partial charge in [0, 0.05) is 19.3 Å². The van der Waals surface area contributed by atoms with E-state index in [0.717, 1.165) is 96.3 Å². The predicted octanol–water partition coefficient (Wildman–Crippen LogP) is 16.6. The molecule has 0 bridgehead atoms. The normalized spacial score (nSPS) is 12.6. The molecule has 6 nitrogen and oxygen atoms in total. The van der Waals surface area contributed by atoms with Crippen LogP contribution in [0.4, 0.5) is 0 Å². The first-order chi connectivity index (χ1) is 30.0. The minimum absolute atomic E-state index is 0.0906. The molecule has 0 spiro atoms. The lowest BCUT2D eigenvalue weighted by Crippen LogP contribution is -2.30. The van der Waals surface area contributed by atoms with Gasteiger partial charge in [0.05, 0.1) is 0 Å². The number of ether oxygens (including phenoxy) is 3. The van der Waals surface area contributed by atoms with Crippen LogP contribution < -0.4 is 0 Å². The van der Waals surface area contributed by atoms with Gasteiger partial charge in [-0.05, 0) is 89.9 Å². The summed E-state index contributed by atoms with van der Waals surface area (Å²) in [7, 11) is 0. The van der Waals surface area contributed by atoms with Gasteiger partial charge in [0.1, 0.15) is 13.2 Å². The summed E-state index contributed by atoms with van der Waals surface area (Å²) < 4.78 is 16.7. The fourth-order valence-corrected chi connectivity index (χ4v) is 6.87. The van der Waals surface area contributed by atoms with Gasteiger partial charge in [-0.15, -0.1) is 0 Å². The van der Waals surface area contributed by atoms with Crippen LogP contribution in [0.1, 0.15) is 239 Å². The standard InChI is InChI=1S/C55H94O6/c1-4-7-10-13-16-19-22-24-26-27-29-31-34-37-40-43-46-49-55(58)61-52(50-59-53(56)47-44-41-38-35-32-21-18-15-12-9-6-3)51-60-54(57)48-45-42-39-36-33-30-28-25-23-20-17-14-11-8-5-2/h8,11,16-17,19-20,24-26,28,33,36,52H,4-7,9-10,12-15,18,21-23,27,29-32,34-35,37-51H2,1-3H3/b11-8-,19-16-,20-17-,26-24-,28-25-,36-33-/t52-/m0/s1. The fraction of sp³-hybridized carbons (Fsp3) is 0.727. The third kappa shape index (κ3) is 47.7. The smallest absolute Gasteiger partial charge is 0.306 e. The second kappa shape index (κ2) is 49.5. The van der Waals surface area contributed by atoms with Gasteiger partial charge in [0.15, 0.2) is 6.10 Å². The molecule has 0 aromatic heterocycles. The van der Waals surface area contributed by atoms with E-state index >= 15 is 0 Å². The van der Waals surface area contributed by atoms with Crippen LogP contribution >= 0.6 is 0 Å². The number of unbranched alkanes of at least 4 members (excludes halogenated alkanes) is 22. The van der Waals surface area contributed by atoms with Crippen molar-refractivity contribution < 1.29 is 28.6 Å². The van der Waals surface area contributed by atoms with Crippen molar-refractivity contribution in [2.75, 3.05) is 13.2 Å². The van der Waals surface area contributed by atoms with Gasteiger partial charge >= 0.3 is 17.9 Å². The van der Waals surface area contributed by atoms with E-state index in [1.54, 1.807) is 0 Å².